The van der Waals surface area contributed by atoms with Crippen LogP contribution < -0.4 is 5.73 Å². The van der Waals surface area contributed by atoms with Gasteiger partial charge in [-0.25, -0.2) is 0 Å². The second-order valence-corrected chi connectivity index (χ2v) is 4.73. The number of nitrogens with two attached hydrogens (primary N) is 1. The normalized spacial score (nSPS) is 24.3. The molecule has 1 amide bonds. The first-order valence-electron chi connectivity index (χ1n) is 5.73. The Balaban J connectivity index is 2.61. The van der Waals surface area contributed by atoms with Crippen molar-refractivity contribution < 1.29 is 4.79 Å². The van der Waals surface area contributed by atoms with Crippen LogP contribution in [0.15, 0.2) is 0 Å². The van der Waals surface area contributed by atoms with Gasteiger partial charge in [-0.3, -0.25) is 4.79 Å². The smallest absolute Gasteiger partial charge is 0.239 e. The quantitative estimate of drug-likeness (QED) is 0.732. The summed E-state index contributed by atoms with van der Waals surface area (Å²) in [6.07, 6.45) is 3.44. The van der Waals surface area contributed by atoms with E-state index in [1.807, 2.05) is 19.0 Å². The second kappa shape index (κ2) is 5.47. The highest BCUT2D eigenvalue weighted by Crippen LogP contribution is 2.18. The molecular weight excluding hydrogens is 190 g/mol. The van der Waals surface area contributed by atoms with Crippen LogP contribution in [-0.4, -0.2) is 55.0 Å². The van der Waals surface area contributed by atoms with Gasteiger partial charge in [0.15, 0.2) is 0 Å². The number of hydrogen-bond donors (Lipinski definition) is 1. The third kappa shape index (κ3) is 3.47. The lowest BCUT2D eigenvalue weighted by Crippen LogP contribution is -2.52. The van der Waals surface area contributed by atoms with Crippen molar-refractivity contribution in [2.45, 2.75) is 38.3 Å². The minimum Gasteiger partial charge on any atom is -0.337 e. The van der Waals surface area contributed by atoms with Crippen LogP contribution in [-0.2, 0) is 4.79 Å². The van der Waals surface area contributed by atoms with Crippen molar-refractivity contribution in [1.82, 2.24) is 9.80 Å². The summed E-state index contributed by atoms with van der Waals surface area (Å²) in [6, 6.07) is -0.0139. The van der Waals surface area contributed by atoms with E-state index >= 15 is 0 Å². The van der Waals surface area contributed by atoms with Crippen LogP contribution in [0.3, 0.4) is 0 Å². The van der Waals surface area contributed by atoms with Crippen LogP contribution in [0, 0.1) is 0 Å². The zero-order chi connectivity index (χ0) is 11.4. The number of carbonyl (C=O) groups is 1. The highest BCUT2D eigenvalue weighted by atomic mass is 16.2. The van der Waals surface area contributed by atoms with Gasteiger partial charge in [0.25, 0.3) is 0 Å². The number of amides is 1. The molecular formula is C11H23N3O. The summed E-state index contributed by atoms with van der Waals surface area (Å²) >= 11 is 0. The van der Waals surface area contributed by atoms with E-state index in [0.29, 0.717) is 6.04 Å². The Morgan fingerprint density at radius 3 is 2.73 bits per heavy atom. The number of nitrogens with zero attached hydrogens (tertiary/aromatic N) is 2. The molecule has 0 aromatic rings. The van der Waals surface area contributed by atoms with E-state index in [4.69, 9.17) is 5.73 Å². The molecule has 0 spiro atoms. The summed E-state index contributed by atoms with van der Waals surface area (Å²) in [5.74, 6) is 0.0987. The van der Waals surface area contributed by atoms with Crippen molar-refractivity contribution in [3.05, 3.63) is 0 Å². The molecule has 0 aliphatic carbocycles. The molecule has 1 heterocycles. The SMILES string of the molecule is CC(N)C(=O)N1CCCCC1CN(C)C. The number of piperidine rings is 1. The van der Waals surface area contributed by atoms with Crippen LogP contribution in [0.5, 0.6) is 0 Å². The lowest BCUT2D eigenvalue weighted by Gasteiger charge is -2.38. The van der Waals surface area contributed by atoms with E-state index in [9.17, 15) is 4.79 Å². The minimum atomic E-state index is -0.368. The van der Waals surface area contributed by atoms with Crippen molar-refractivity contribution in [2.75, 3.05) is 27.2 Å². The largest absolute Gasteiger partial charge is 0.337 e. The molecule has 1 rings (SSSR count). The molecule has 4 nitrogen and oxygen atoms in total. The molecule has 0 saturated carbocycles. The van der Waals surface area contributed by atoms with Gasteiger partial charge in [0, 0.05) is 19.1 Å². The van der Waals surface area contributed by atoms with Gasteiger partial charge in [-0.1, -0.05) is 0 Å². The summed E-state index contributed by atoms with van der Waals surface area (Å²) in [7, 11) is 4.09. The minimum absolute atomic E-state index is 0.0987. The van der Waals surface area contributed by atoms with Gasteiger partial charge < -0.3 is 15.5 Å². The molecule has 2 N–H and O–H groups in total. The second-order valence-electron chi connectivity index (χ2n) is 4.73. The van der Waals surface area contributed by atoms with Crippen LogP contribution in [0.2, 0.25) is 0 Å². The molecule has 88 valence electrons. The third-order valence-corrected chi connectivity index (χ3v) is 2.88. The lowest BCUT2D eigenvalue weighted by molar-refractivity contribution is -0.136. The number of rotatable bonds is 3. The summed E-state index contributed by atoms with van der Waals surface area (Å²) in [5, 5.41) is 0. The zero-order valence-corrected chi connectivity index (χ0v) is 10.1. The van der Waals surface area contributed by atoms with Gasteiger partial charge >= 0.3 is 0 Å². The molecule has 4 heteroatoms. The fourth-order valence-corrected chi connectivity index (χ4v) is 2.16. The molecule has 0 bridgehead atoms. The van der Waals surface area contributed by atoms with E-state index in [1.165, 1.54) is 6.42 Å². The van der Waals surface area contributed by atoms with Gasteiger partial charge in [0.05, 0.1) is 6.04 Å². The number of carbonyl (C=O) groups excluding carboxylic acids is 1. The molecule has 15 heavy (non-hydrogen) atoms. The fraction of sp³-hybridized carbons (Fsp3) is 0.909. The number of likely N-dealkylation sites (tertiary alicyclic amines) is 1. The molecule has 2 atom stereocenters. The Hall–Kier alpha value is -0.610. The third-order valence-electron chi connectivity index (χ3n) is 2.88. The molecule has 2 unspecified atom stereocenters. The van der Waals surface area contributed by atoms with E-state index in [0.717, 1.165) is 25.9 Å². The summed E-state index contributed by atoms with van der Waals surface area (Å²) in [4.78, 5) is 16.0. The van der Waals surface area contributed by atoms with E-state index in [2.05, 4.69) is 4.90 Å². The van der Waals surface area contributed by atoms with Crippen molar-refractivity contribution in [3.63, 3.8) is 0 Å². The first kappa shape index (κ1) is 12.5. The Morgan fingerprint density at radius 1 is 1.53 bits per heavy atom. The van der Waals surface area contributed by atoms with Gasteiger partial charge in [0.2, 0.25) is 5.91 Å². The maximum absolute atomic E-state index is 11.9. The topological polar surface area (TPSA) is 49.6 Å². The highest BCUT2D eigenvalue weighted by molar-refractivity contribution is 5.81. The molecule has 1 fully saturated rings. The summed E-state index contributed by atoms with van der Waals surface area (Å²) < 4.78 is 0. The predicted octanol–water partition coefficient (Wildman–Crippen LogP) is 0.276. The van der Waals surface area contributed by atoms with Crippen LogP contribution in [0.25, 0.3) is 0 Å². The van der Waals surface area contributed by atoms with Crippen molar-refractivity contribution in [1.29, 1.82) is 0 Å². The Labute approximate surface area is 92.4 Å². The zero-order valence-electron chi connectivity index (χ0n) is 10.1. The molecule has 0 aromatic carbocycles. The Kier molecular flexibility index (Phi) is 4.54. The van der Waals surface area contributed by atoms with Gasteiger partial charge in [-0.2, -0.15) is 0 Å². The standard InChI is InChI=1S/C11H23N3O/c1-9(12)11(15)14-7-5-4-6-10(14)8-13(2)3/h9-10H,4-8,12H2,1-3H3. The van der Waals surface area contributed by atoms with Gasteiger partial charge in [-0.05, 0) is 40.3 Å². The first-order valence-corrected chi connectivity index (χ1v) is 5.73. The molecule has 0 radical (unpaired) electrons. The van der Waals surface area contributed by atoms with Crippen LogP contribution in [0.1, 0.15) is 26.2 Å². The first-order chi connectivity index (χ1) is 7.02. The van der Waals surface area contributed by atoms with Crippen molar-refractivity contribution in [3.8, 4) is 0 Å². The summed E-state index contributed by atoms with van der Waals surface area (Å²) in [6.45, 7) is 3.58. The van der Waals surface area contributed by atoms with Crippen LogP contribution >= 0.6 is 0 Å². The average molecular weight is 213 g/mol. The summed E-state index contributed by atoms with van der Waals surface area (Å²) in [5.41, 5.74) is 5.65. The maximum atomic E-state index is 11.9. The molecule has 1 aliphatic rings. The Morgan fingerprint density at radius 2 is 2.20 bits per heavy atom. The van der Waals surface area contributed by atoms with Gasteiger partial charge in [0.1, 0.15) is 0 Å². The molecule has 1 saturated heterocycles. The molecule has 1 aliphatic heterocycles. The van der Waals surface area contributed by atoms with Gasteiger partial charge in [-0.15, -0.1) is 0 Å². The average Bonchev–Trinajstić information content (AvgIpc) is 2.16. The van der Waals surface area contributed by atoms with Crippen molar-refractivity contribution >= 4 is 5.91 Å². The highest BCUT2D eigenvalue weighted by Gasteiger charge is 2.28. The van der Waals surface area contributed by atoms with E-state index in [-0.39, 0.29) is 11.9 Å². The predicted molar refractivity (Wildman–Crippen MR) is 61.6 cm³/mol. The van der Waals surface area contributed by atoms with Crippen molar-refractivity contribution in [2.24, 2.45) is 5.73 Å². The lowest BCUT2D eigenvalue weighted by atomic mass is 10.0. The monoisotopic (exact) mass is 213 g/mol. The molecule has 0 aromatic heterocycles. The Bertz CT molecular complexity index is 216. The van der Waals surface area contributed by atoms with E-state index < -0.39 is 0 Å². The number of likely N-dealkylation sites (N-methyl/N-ethyl adjacent to an activating group) is 1. The van der Waals surface area contributed by atoms with Crippen LogP contribution in [0.4, 0.5) is 0 Å². The fourth-order valence-electron chi connectivity index (χ4n) is 2.16. The maximum Gasteiger partial charge on any atom is 0.239 e. The number of hydrogen-bond acceptors (Lipinski definition) is 3. The van der Waals surface area contributed by atoms with E-state index in [1.54, 1.807) is 6.92 Å².